The number of carbonyl (C=O) groups is 1. The van der Waals surface area contributed by atoms with Crippen LogP contribution in [-0.4, -0.2) is 28.6 Å². The number of amides is 1. The number of rotatable bonds is 3. The number of hydrogen-bond donors (Lipinski definition) is 2. The van der Waals surface area contributed by atoms with E-state index in [2.05, 4.69) is 18.7 Å². The Balaban J connectivity index is 2.29. The molecule has 1 aromatic carbocycles. The van der Waals surface area contributed by atoms with E-state index in [0.717, 1.165) is 24.9 Å². The lowest BCUT2D eigenvalue weighted by Gasteiger charge is -2.33. The number of benzene rings is 1. The first-order valence-corrected chi connectivity index (χ1v) is 6.56. The van der Waals surface area contributed by atoms with Gasteiger partial charge in [-0.1, -0.05) is 6.92 Å². The third-order valence-corrected chi connectivity index (χ3v) is 3.90. The van der Waals surface area contributed by atoms with Gasteiger partial charge in [0, 0.05) is 30.3 Å². The first-order chi connectivity index (χ1) is 9.06. The molecular weight excluding hydrogens is 247 g/mol. The van der Waals surface area contributed by atoms with Crippen LogP contribution < -0.4 is 5.48 Å². The van der Waals surface area contributed by atoms with Crippen LogP contribution in [0.25, 0.3) is 0 Å². The summed E-state index contributed by atoms with van der Waals surface area (Å²) in [5, 5.41) is 8.60. The predicted octanol–water partition coefficient (Wildman–Crippen LogP) is 2.10. The van der Waals surface area contributed by atoms with Crippen molar-refractivity contribution in [3.8, 4) is 0 Å². The lowest BCUT2D eigenvalue weighted by Crippen LogP contribution is -2.37. The SMILES string of the molecule is CC[C@H](C)N1CCc2cc(C(=O)NO)cc(F)c2C1. The second-order valence-corrected chi connectivity index (χ2v) is 5.01. The van der Waals surface area contributed by atoms with Crippen LogP contribution in [0.1, 0.15) is 41.8 Å². The molecule has 2 N–H and O–H groups in total. The summed E-state index contributed by atoms with van der Waals surface area (Å²) in [6.45, 7) is 5.70. The molecule has 104 valence electrons. The average Bonchev–Trinajstić information content (AvgIpc) is 2.45. The Bertz CT molecular complexity index is 491. The van der Waals surface area contributed by atoms with Crippen LogP contribution in [0, 0.1) is 5.82 Å². The van der Waals surface area contributed by atoms with E-state index in [-0.39, 0.29) is 11.4 Å². The molecule has 0 fully saturated rings. The Labute approximate surface area is 112 Å². The minimum atomic E-state index is -0.675. The molecule has 0 radical (unpaired) electrons. The summed E-state index contributed by atoms with van der Waals surface area (Å²) in [7, 11) is 0. The molecule has 2 rings (SSSR count). The van der Waals surface area contributed by atoms with Gasteiger partial charge in [-0.15, -0.1) is 0 Å². The van der Waals surface area contributed by atoms with Gasteiger partial charge < -0.3 is 0 Å². The van der Waals surface area contributed by atoms with E-state index in [0.29, 0.717) is 18.2 Å². The van der Waals surface area contributed by atoms with E-state index < -0.39 is 5.91 Å². The Hall–Kier alpha value is -1.46. The number of hydroxylamine groups is 1. The fourth-order valence-corrected chi connectivity index (χ4v) is 2.47. The zero-order valence-corrected chi connectivity index (χ0v) is 11.2. The van der Waals surface area contributed by atoms with Crippen molar-refractivity contribution in [3.63, 3.8) is 0 Å². The molecule has 1 heterocycles. The monoisotopic (exact) mass is 266 g/mol. The zero-order chi connectivity index (χ0) is 14.0. The fraction of sp³-hybridized carbons (Fsp3) is 0.500. The van der Waals surface area contributed by atoms with E-state index in [1.54, 1.807) is 6.07 Å². The van der Waals surface area contributed by atoms with Crippen LogP contribution in [0.2, 0.25) is 0 Å². The summed E-state index contributed by atoms with van der Waals surface area (Å²) >= 11 is 0. The molecule has 1 aliphatic rings. The van der Waals surface area contributed by atoms with E-state index >= 15 is 0 Å². The van der Waals surface area contributed by atoms with Gasteiger partial charge in [0.1, 0.15) is 5.82 Å². The van der Waals surface area contributed by atoms with E-state index in [1.165, 1.54) is 11.5 Å². The minimum Gasteiger partial charge on any atom is -0.296 e. The number of nitrogens with one attached hydrogen (secondary N) is 1. The smallest absolute Gasteiger partial charge is 0.274 e. The molecule has 0 aliphatic carbocycles. The maximum atomic E-state index is 14.1. The van der Waals surface area contributed by atoms with E-state index in [1.807, 2.05) is 0 Å². The molecule has 0 saturated heterocycles. The summed E-state index contributed by atoms with van der Waals surface area (Å²) in [6, 6.07) is 3.27. The van der Waals surface area contributed by atoms with Crippen LogP contribution >= 0.6 is 0 Å². The maximum absolute atomic E-state index is 14.1. The Morgan fingerprint density at radius 2 is 2.32 bits per heavy atom. The number of fused-ring (bicyclic) bond motifs is 1. The molecule has 0 saturated carbocycles. The van der Waals surface area contributed by atoms with Gasteiger partial charge in [0.25, 0.3) is 5.91 Å². The third-order valence-electron chi connectivity index (χ3n) is 3.90. The van der Waals surface area contributed by atoms with Crippen molar-refractivity contribution in [2.75, 3.05) is 6.54 Å². The highest BCUT2D eigenvalue weighted by molar-refractivity contribution is 5.93. The lowest BCUT2D eigenvalue weighted by molar-refractivity contribution is 0.0705. The number of carbonyl (C=O) groups excluding carboxylic acids is 1. The first-order valence-electron chi connectivity index (χ1n) is 6.56. The van der Waals surface area contributed by atoms with Crippen LogP contribution in [0.15, 0.2) is 12.1 Å². The molecule has 1 aromatic rings. The van der Waals surface area contributed by atoms with Gasteiger partial charge in [-0.25, -0.2) is 9.87 Å². The third kappa shape index (κ3) is 2.77. The second-order valence-electron chi connectivity index (χ2n) is 5.01. The Kier molecular flexibility index (Phi) is 4.17. The lowest BCUT2D eigenvalue weighted by atomic mass is 9.95. The summed E-state index contributed by atoms with van der Waals surface area (Å²) in [4.78, 5) is 13.6. The van der Waals surface area contributed by atoms with Crippen molar-refractivity contribution in [1.82, 2.24) is 10.4 Å². The number of nitrogens with zero attached hydrogens (tertiary/aromatic N) is 1. The molecular formula is C14H19FN2O2. The molecule has 0 bridgehead atoms. The van der Waals surface area contributed by atoms with E-state index in [4.69, 9.17) is 5.21 Å². The molecule has 0 spiro atoms. The molecule has 1 atom stereocenters. The summed E-state index contributed by atoms with van der Waals surface area (Å²) in [5.41, 5.74) is 3.23. The maximum Gasteiger partial charge on any atom is 0.274 e. The van der Waals surface area contributed by atoms with Gasteiger partial charge in [-0.05, 0) is 37.5 Å². The standard InChI is InChI=1S/C14H19FN2O2/c1-3-9(2)17-5-4-10-6-11(14(18)16-19)7-13(15)12(10)8-17/h6-7,9,19H,3-5,8H2,1-2H3,(H,16,18)/t9-/m0/s1. The largest absolute Gasteiger partial charge is 0.296 e. The first kappa shape index (κ1) is 14.0. The quantitative estimate of drug-likeness (QED) is 0.650. The molecule has 4 nitrogen and oxygen atoms in total. The summed E-state index contributed by atoms with van der Waals surface area (Å²) in [6.07, 6.45) is 1.76. The van der Waals surface area contributed by atoms with Gasteiger partial charge in [0.15, 0.2) is 0 Å². The zero-order valence-electron chi connectivity index (χ0n) is 11.2. The van der Waals surface area contributed by atoms with Crippen molar-refractivity contribution in [2.24, 2.45) is 0 Å². The average molecular weight is 266 g/mol. The van der Waals surface area contributed by atoms with Gasteiger partial charge in [-0.2, -0.15) is 0 Å². The second kappa shape index (κ2) is 5.67. The van der Waals surface area contributed by atoms with Crippen molar-refractivity contribution >= 4 is 5.91 Å². The fourth-order valence-electron chi connectivity index (χ4n) is 2.47. The molecule has 19 heavy (non-hydrogen) atoms. The molecule has 0 aromatic heterocycles. The van der Waals surface area contributed by atoms with Crippen LogP contribution in [-0.2, 0) is 13.0 Å². The minimum absolute atomic E-state index is 0.163. The van der Waals surface area contributed by atoms with Gasteiger partial charge in [0.2, 0.25) is 0 Å². The van der Waals surface area contributed by atoms with Crippen LogP contribution in [0.5, 0.6) is 0 Å². The highest BCUT2D eigenvalue weighted by Crippen LogP contribution is 2.25. The van der Waals surface area contributed by atoms with E-state index in [9.17, 15) is 9.18 Å². The molecule has 1 amide bonds. The Morgan fingerprint density at radius 3 is 2.95 bits per heavy atom. The number of halogens is 1. The number of hydrogen-bond acceptors (Lipinski definition) is 3. The van der Waals surface area contributed by atoms with Gasteiger partial charge >= 0.3 is 0 Å². The molecule has 0 unspecified atom stereocenters. The van der Waals surface area contributed by atoms with Gasteiger partial charge in [0.05, 0.1) is 0 Å². The predicted molar refractivity (Wildman–Crippen MR) is 69.5 cm³/mol. The van der Waals surface area contributed by atoms with Crippen molar-refractivity contribution < 1.29 is 14.4 Å². The highest BCUT2D eigenvalue weighted by atomic mass is 19.1. The van der Waals surface area contributed by atoms with Crippen molar-refractivity contribution in [2.45, 2.75) is 39.3 Å². The van der Waals surface area contributed by atoms with Crippen molar-refractivity contribution in [3.05, 3.63) is 34.6 Å². The van der Waals surface area contributed by atoms with Crippen LogP contribution in [0.3, 0.4) is 0 Å². The molecule has 1 aliphatic heterocycles. The van der Waals surface area contributed by atoms with Crippen LogP contribution in [0.4, 0.5) is 4.39 Å². The molecule has 5 heteroatoms. The summed E-state index contributed by atoms with van der Waals surface area (Å²) < 4.78 is 14.1. The topological polar surface area (TPSA) is 52.6 Å². The Morgan fingerprint density at radius 1 is 1.58 bits per heavy atom. The summed E-state index contributed by atoms with van der Waals surface area (Å²) in [5.74, 6) is -1.05. The van der Waals surface area contributed by atoms with Crippen molar-refractivity contribution in [1.29, 1.82) is 0 Å². The normalized spacial score (nSPS) is 16.8. The van der Waals surface area contributed by atoms with Gasteiger partial charge in [-0.3, -0.25) is 14.9 Å². The highest BCUT2D eigenvalue weighted by Gasteiger charge is 2.23.